The molecule has 1 heterocycles. The van der Waals surface area contributed by atoms with Crippen LogP contribution < -0.4 is 27.8 Å². The van der Waals surface area contributed by atoms with Crippen LogP contribution in [0.1, 0.15) is 66.2 Å². The first-order valence-corrected chi connectivity index (χ1v) is 12.3. The highest BCUT2D eigenvalue weighted by atomic mass is 16.4. The van der Waals surface area contributed by atoms with Crippen molar-refractivity contribution in [2.45, 2.75) is 90.4 Å². The minimum Gasteiger partial charge on any atom is -0.480 e. The van der Waals surface area contributed by atoms with Crippen LogP contribution in [0.25, 0.3) is 0 Å². The molecule has 3 amide bonds. The number of carbonyl (C=O) groups excluding carboxylic acids is 3. The van der Waals surface area contributed by atoms with Crippen molar-refractivity contribution in [2.75, 3.05) is 13.1 Å². The van der Waals surface area contributed by atoms with Crippen molar-refractivity contribution >= 4 is 29.7 Å². The number of likely N-dealkylation sites (tertiary alicyclic amines) is 1. The van der Waals surface area contributed by atoms with Crippen molar-refractivity contribution in [3.63, 3.8) is 0 Å². The third-order valence-corrected chi connectivity index (χ3v) is 6.28. The zero-order chi connectivity index (χ0) is 26.7. The monoisotopic (exact) mass is 497 g/mol. The summed E-state index contributed by atoms with van der Waals surface area (Å²) in [6.45, 7) is 8.12. The number of carboxylic acid groups (broad SMARTS) is 1. The number of guanidine groups is 1. The second kappa shape index (κ2) is 14.5. The maximum atomic E-state index is 13.5. The molecule has 1 rings (SSSR count). The summed E-state index contributed by atoms with van der Waals surface area (Å²) < 4.78 is 0. The number of aliphatic carboxylic acids is 1. The van der Waals surface area contributed by atoms with E-state index in [9.17, 15) is 24.3 Å². The summed E-state index contributed by atoms with van der Waals surface area (Å²) in [4.78, 5) is 56.1. The molecule has 0 radical (unpaired) electrons. The van der Waals surface area contributed by atoms with Gasteiger partial charge in [0, 0.05) is 13.1 Å². The van der Waals surface area contributed by atoms with Crippen LogP contribution in [0.2, 0.25) is 0 Å². The number of nitrogens with one attached hydrogen (secondary N) is 2. The fourth-order valence-corrected chi connectivity index (χ4v) is 4.01. The second-order valence-electron chi connectivity index (χ2n) is 9.64. The molecule has 1 aliphatic rings. The van der Waals surface area contributed by atoms with Crippen LogP contribution >= 0.6 is 0 Å². The van der Waals surface area contributed by atoms with E-state index in [0.29, 0.717) is 32.2 Å². The highest BCUT2D eigenvalue weighted by Crippen LogP contribution is 2.21. The lowest BCUT2D eigenvalue weighted by atomic mass is 9.98. The van der Waals surface area contributed by atoms with Crippen LogP contribution in [0.5, 0.6) is 0 Å². The zero-order valence-corrected chi connectivity index (χ0v) is 21.3. The number of rotatable bonds is 14. The van der Waals surface area contributed by atoms with Gasteiger partial charge in [-0.15, -0.1) is 0 Å². The Balaban J connectivity index is 3.01. The van der Waals surface area contributed by atoms with Gasteiger partial charge in [-0.1, -0.05) is 34.1 Å². The van der Waals surface area contributed by atoms with E-state index >= 15 is 0 Å². The molecule has 9 N–H and O–H groups in total. The lowest BCUT2D eigenvalue weighted by molar-refractivity contribution is -0.145. The molecule has 200 valence electrons. The quantitative estimate of drug-likeness (QED) is 0.104. The molecular formula is C23H43N7O5. The fraction of sp³-hybridized carbons (Fsp3) is 0.783. The SMILES string of the molecule is CCC(C)C(N)C(=O)NC(CCCN=C(N)N)C(=O)N1CCCC1C(=O)NC(CC(C)C)C(=O)O. The van der Waals surface area contributed by atoms with Gasteiger partial charge in [-0.2, -0.15) is 0 Å². The molecule has 0 saturated carbocycles. The molecule has 0 aromatic rings. The lowest BCUT2D eigenvalue weighted by Crippen LogP contribution is -2.57. The molecular weight excluding hydrogens is 454 g/mol. The van der Waals surface area contributed by atoms with Crippen molar-refractivity contribution in [1.82, 2.24) is 15.5 Å². The average molecular weight is 498 g/mol. The maximum Gasteiger partial charge on any atom is 0.326 e. The molecule has 0 aromatic carbocycles. The molecule has 1 saturated heterocycles. The van der Waals surface area contributed by atoms with Gasteiger partial charge in [0.15, 0.2) is 5.96 Å². The van der Waals surface area contributed by atoms with Crippen LogP contribution in [0.15, 0.2) is 4.99 Å². The Morgan fingerprint density at radius 2 is 1.77 bits per heavy atom. The van der Waals surface area contributed by atoms with E-state index in [2.05, 4.69) is 15.6 Å². The summed E-state index contributed by atoms with van der Waals surface area (Å²) >= 11 is 0. The van der Waals surface area contributed by atoms with Crippen molar-refractivity contribution in [3.05, 3.63) is 0 Å². The first-order chi connectivity index (χ1) is 16.4. The van der Waals surface area contributed by atoms with Gasteiger partial charge in [0.2, 0.25) is 17.7 Å². The second-order valence-corrected chi connectivity index (χ2v) is 9.64. The molecule has 0 spiro atoms. The molecule has 0 aromatic heterocycles. The summed E-state index contributed by atoms with van der Waals surface area (Å²) in [5.41, 5.74) is 16.8. The van der Waals surface area contributed by atoms with Crippen LogP contribution in [-0.4, -0.2) is 76.9 Å². The van der Waals surface area contributed by atoms with Gasteiger partial charge in [0.1, 0.15) is 18.1 Å². The van der Waals surface area contributed by atoms with Gasteiger partial charge in [-0.3, -0.25) is 19.4 Å². The van der Waals surface area contributed by atoms with E-state index in [4.69, 9.17) is 17.2 Å². The Labute approximate surface area is 207 Å². The summed E-state index contributed by atoms with van der Waals surface area (Å²) in [6, 6.07) is -3.54. The highest BCUT2D eigenvalue weighted by Gasteiger charge is 2.39. The smallest absolute Gasteiger partial charge is 0.326 e. The van der Waals surface area contributed by atoms with E-state index in [1.165, 1.54) is 4.90 Å². The number of nitrogens with zero attached hydrogens (tertiary/aromatic N) is 2. The largest absolute Gasteiger partial charge is 0.480 e. The van der Waals surface area contributed by atoms with Crippen LogP contribution in [0, 0.1) is 11.8 Å². The van der Waals surface area contributed by atoms with Crippen LogP contribution in [0.4, 0.5) is 0 Å². The number of nitrogens with two attached hydrogens (primary N) is 3. The molecule has 12 nitrogen and oxygen atoms in total. The Bertz CT molecular complexity index is 769. The number of aliphatic imine (C=N–C) groups is 1. The Morgan fingerprint density at radius 1 is 1.11 bits per heavy atom. The molecule has 1 aliphatic heterocycles. The standard InChI is InChI=1S/C23H43N7O5/c1-5-14(4)18(24)20(32)28-15(8-6-10-27-23(25)26)21(33)30-11-7-9-17(30)19(31)29-16(22(34)35)12-13(2)3/h13-18H,5-12,24H2,1-4H3,(H,28,32)(H,29,31)(H,34,35)(H4,25,26,27). The Kier molecular flexibility index (Phi) is 12.5. The van der Waals surface area contributed by atoms with Gasteiger partial charge >= 0.3 is 5.97 Å². The number of hydrogen-bond acceptors (Lipinski definition) is 6. The van der Waals surface area contributed by atoms with E-state index in [-0.39, 0.29) is 37.2 Å². The first-order valence-electron chi connectivity index (χ1n) is 12.3. The topological polar surface area (TPSA) is 206 Å². The number of carboxylic acids is 1. The van der Waals surface area contributed by atoms with Crippen molar-refractivity contribution in [3.8, 4) is 0 Å². The lowest BCUT2D eigenvalue weighted by Gasteiger charge is -2.30. The predicted molar refractivity (Wildman–Crippen MR) is 133 cm³/mol. The van der Waals surface area contributed by atoms with Crippen molar-refractivity contribution in [1.29, 1.82) is 0 Å². The Hall–Kier alpha value is -2.89. The Morgan fingerprint density at radius 3 is 2.31 bits per heavy atom. The van der Waals surface area contributed by atoms with E-state index < -0.39 is 47.9 Å². The zero-order valence-electron chi connectivity index (χ0n) is 21.3. The highest BCUT2D eigenvalue weighted by molar-refractivity contribution is 5.94. The van der Waals surface area contributed by atoms with Crippen LogP contribution in [-0.2, 0) is 19.2 Å². The molecule has 5 atom stereocenters. The van der Waals surface area contributed by atoms with Gasteiger partial charge in [-0.25, -0.2) is 4.79 Å². The van der Waals surface area contributed by atoms with Gasteiger partial charge in [-0.05, 0) is 43.9 Å². The number of carbonyl (C=O) groups is 4. The third kappa shape index (κ3) is 9.71. The third-order valence-electron chi connectivity index (χ3n) is 6.28. The van der Waals surface area contributed by atoms with Crippen molar-refractivity contribution < 1.29 is 24.3 Å². The minimum absolute atomic E-state index is 0.0669. The van der Waals surface area contributed by atoms with E-state index in [1.54, 1.807) is 0 Å². The fourth-order valence-electron chi connectivity index (χ4n) is 4.01. The predicted octanol–water partition coefficient (Wildman–Crippen LogP) is -0.495. The average Bonchev–Trinajstić information content (AvgIpc) is 3.28. The summed E-state index contributed by atoms with van der Waals surface area (Å²) in [7, 11) is 0. The van der Waals surface area contributed by atoms with Gasteiger partial charge in [0.05, 0.1) is 6.04 Å². The van der Waals surface area contributed by atoms with Gasteiger partial charge < -0.3 is 37.8 Å². The number of hydrogen-bond donors (Lipinski definition) is 6. The van der Waals surface area contributed by atoms with E-state index in [1.807, 2.05) is 27.7 Å². The van der Waals surface area contributed by atoms with Gasteiger partial charge in [0.25, 0.3) is 0 Å². The summed E-state index contributed by atoms with van der Waals surface area (Å²) in [5.74, 6) is -2.56. The molecule has 12 heteroatoms. The summed E-state index contributed by atoms with van der Waals surface area (Å²) in [5, 5.41) is 14.8. The normalized spacial score (nSPS) is 18.9. The molecule has 1 fully saturated rings. The molecule has 5 unspecified atom stereocenters. The first kappa shape index (κ1) is 30.1. The van der Waals surface area contributed by atoms with Crippen molar-refractivity contribution in [2.24, 2.45) is 34.0 Å². The van der Waals surface area contributed by atoms with Crippen LogP contribution in [0.3, 0.4) is 0 Å². The summed E-state index contributed by atoms with van der Waals surface area (Å²) in [6.07, 6.45) is 2.66. The number of amides is 3. The van der Waals surface area contributed by atoms with E-state index in [0.717, 1.165) is 0 Å². The minimum atomic E-state index is -1.12. The molecule has 0 bridgehead atoms. The maximum absolute atomic E-state index is 13.5. The molecule has 35 heavy (non-hydrogen) atoms. The molecule has 0 aliphatic carbocycles.